The molecule has 1 aliphatic carbocycles. The Balaban J connectivity index is 0.00000529. The lowest BCUT2D eigenvalue weighted by Crippen LogP contribution is -2.39. The van der Waals surface area contributed by atoms with Crippen LogP contribution in [0.15, 0.2) is 4.99 Å². The topological polar surface area (TPSA) is 54.9 Å². The number of rotatable bonds is 11. The van der Waals surface area contributed by atoms with Crippen LogP contribution in [0.1, 0.15) is 64.7 Å². The molecule has 0 spiro atoms. The third kappa shape index (κ3) is 13.2. The first-order valence-electron chi connectivity index (χ1n) is 9.49. The summed E-state index contributed by atoms with van der Waals surface area (Å²) in [7, 11) is 1.75. The van der Waals surface area contributed by atoms with Crippen molar-refractivity contribution in [3.8, 4) is 0 Å². The zero-order valence-corrected chi connectivity index (χ0v) is 18.0. The van der Waals surface area contributed by atoms with Crippen molar-refractivity contribution < 1.29 is 9.47 Å². The SMILES string of the molecule is CCNC(=NCCCCCOC)NCCOC1CCCCCC1.I. The zero-order chi connectivity index (χ0) is 16.6. The molecule has 0 saturated heterocycles. The van der Waals surface area contributed by atoms with Crippen LogP contribution in [-0.4, -0.2) is 52.0 Å². The second kappa shape index (κ2) is 17.7. The fraction of sp³-hybridized carbons (Fsp3) is 0.944. The molecule has 144 valence electrons. The molecule has 2 N–H and O–H groups in total. The molecule has 1 fully saturated rings. The van der Waals surface area contributed by atoms with Crippen LogP contribution in [0.4, 0.5) is 0 Å². The van der Waals surface area contributed by atoms with Crippen molar-refractivity contribution in [2.24, 2.45) is 4.99 Å². The monoisotopic (exact) mass is 455 g/mol. The fourth-order valence-electron chi connectivity index (χ4n) is 2.87. The number of ether oxygens (including phenoxy) is 2. The van der Waals surface area contributed by atoms with E-state index < -0.39 is 0 Å². The van der Waals surface area contributed by atoms with E-state index in [1.807, 2.05) is 0 Å². The summed E-state index contributed by atoms with van der Waals surface area (Å²) in [6.07, 6.45) is 11.7. The van der Waals surface area contributed by atoms with Gasteiger partial charge in [0, 0.05) is 33.4 Å². The van der Waals surface area contributed by atoms with Gasteiger partial charge in [-0.2, -0.15) is 0 Å². The highest BCUT2D eigenvalue weighted by molar-refractivity contribution is 14.0. The first kappa shape index (κ1) is 23.9. The number of unbranched alkanes of at least 4 members (excludes halogenated alkanes) is 2. The Hall–Kier alpha value is -0.0800. The molecule has 1 rings (SSSR count). The zero-order valence-electron chi connectivity index (χ0n) is 15.6. The second-order valence-electron chi connectivity index (χ2n) is 6.23. The van der Waals surface area contributed by atoms with E-state index in [9.17, 15) is 0 Å². The molecule has 0 heterocycles. The van der Waals surface area contributed by atoms with Crippen LogP contribution >= 0.6 is 24.0 Å². The first-order chi connectivity index (χ1) is 11.4. The maximum absolute atomic E-state index is 6.00. The molecule has 0 atom stereocenters. The highest BCUT2D eigenvalue weighted by atomic mass is 127. The van der Waals surface area contributed by atoms with Crippen LogP contribution in [0.5, 0.6) is 0 Å². The maximum Gasteiger partial charge on any atom is 0.191 e. The molecule has 0 aromatic heterocycles. The molecular weight excluding hydrogens is 417 g/mol. The van der Waals surface area contributed by atoms with E-state index in [4.69, 9.17) is 9.47 Å². The van der Waals surface area contributed by atoms with E-state index in [1.54, 1.807) is 7.11 Å². The van der Waals surface area contributed by atoms with Gasteiger partial charge in [0.2, 0.25) is 0 Å². The van der Waals surface area contributed by atoms with Gasteiger partial charge < -0.3 is 20.1 Å². The standard InChI is InChI=1S/C18H37N3O2.HI/c1-3-19-18(20-13-9-6-10-15-22-2)21-14-16-23-17-11-7-4-5-8-12-17;/h17H,3-16H2,1-2H3,(H2,19,20,21);1H. The molecular formula is C18H38IN3O2. The number of hydrogen-bond acceptors (Lipinski definition) is 3. The summed E-state index contributed by atoms with van der Waals surface area (Å²) >= 11 is 0. The third-order valence-electron chi connectivity index (χ3n) is 4.17. The summed E-state index contributed by atoms with van der Waals surface area (Å²) in [4.78, 5) is 4.61. The molecule has 0 unspecified atom stereocenters. The third-order valence-corrected chi connectivity index (χ3v) is 4.17. The van der Waals surface area contributed by atoms with E-state index in [2.05, 4.69) is 22.5 Å². The minimum atomic E-state index is 0. The lowest BCUT2D eigenvalue weighted by Gasteiger charge is -2.16. The van der Waals surface area contributed by atoms with Crippen molar-refractivity contribution in [2.45, 2.75) is 70.8 Å². The molecule has 0 aromatic rings. The summed E-state index contributed by atoms with van der Waals surface area (Å²) in [6, 6.07) is 0. The quantitative estimate of drug-likeness (QED) is 0.164. The van der Waals surface area contributed by atoms with E-state index in [-0.39, 0.29) is 24.0 Å². The molecule has 0 amide bonds. The van der Waals surface area contributed by atoms with Crippen molar-refractivity contribution >= 4 is 29.9 Å². The van der Waals surface area contributed by atoms with Crippen molar-refractivity contribution in [1.82, 2.24) is 10.6 Å². The molecule has 0 radical (unpaired) electrons. The predicted molar refractivity (Wildman–Crippen MR) is 113 cm³/mol. The molecule has 0 aromatic carbocycles. The molecule has 5 nitrogen and oxygen atoms in total. The van der Waals surface area contributed by atoms with Crippen LogP contribution in [0.3, 0.4) is 0 Å². The van der Waals surface area contributed by atoms with E-state index in [1.165, 1.54) is 44.9 Å². The fourth-order valence-corrected chi connectivity index (χ4v) is 2.87. The van der Waals surface area contributed by atoms with Crippen molar-refractivity contribution in [1.29, 1.82) is 0 Å². The number of halogens is 1. The van der Waals surface area contributed by atoms with Gasteiger partial charge in [0.05, 0.1) is 12.7 Å². The minimum Gasteiger partial charge on any atom is -0.385 e. The number of nitrogens with zero attached hydrogens (tertiary/aromatic N) is 1. The van der Waals surface area contributed by atoms with Gasteiger partial charge in [-0.15, -0.1) is 24.0 Å². The first-order valence-corrected chi connectivity index (χ1v) is 9.49. The Kier molecular flexibility index (Phi) is 17.7. The van der Waals surface area contributed by atoms with Gasteiger partial charge in [-0.1, -0.05) is 25.7 Å². The van der Waals surface area contributed by atoms with Gasteiger partial charge in [-0.3, -0.25) is 4.99 Å². The number of hydrogen-bond donors (Lipinski definition) is 2. The van der Waals surface area contributed by atoms with Gasteiger partial charge in [-0.25, -0.2) is 0 Å². The number of nitrogens with one attached hydrogen (secondary N) is 2. The molecule has 0 bridgehead atoms. The van der Waals surface area contributed by atoms with Gasteiger partial charge in [-0.05, 0) is 39.0 Å². The Morgan fingerprint density at radius 2 is 1.75 bits per heavy atom. The summed E-state index contributed by atoms with van der Waals surface area (Å²) in [5, 5.41) is 6.66. The van der Waals surface area contributed by atoms with Crippen LogP contribution in [0.2, 0.25) is 0 Å². The Bertz CT molecular complexity index is 296. The summed E-state index contributed by atoms with van der Waals surface area (Å²) in [5.74, 6) is 0.906. The van der Waals surface area contributed by atoms with Crippen LogP contribution in [0.25, 0.3) is 0 Å². The van der Waals surface area contributed by atoms with E-state index >= 15 is 0 Å². The highest BCUT2D eigenvalue weighted by Gasteiger charge is 2.11. The minimum absolute atomic E-state index is 0. The average Bonchev–Trinajstić information content (AvgIpc) is 2.83. The largest absolute Gasteiger partial charge is 0.385 e. The van der Waals surface area contributed by atoms with Crippen LogP contribution in [-0.2, 0) is 9.47 Å². The molecule has 24 heavy (non-hydrogen) atoms. The summed E-state index contributed by atoms with van der Waals surface area (Å²) in [6.45, 7) is 6.29. The van der Waals surface area contributed by atoms with Crippen LogP contribution in [0, 0.1) is 0 Å². The van der Waals surface area contributed by atoms with E-state index in [0.717, 1.165) is 51.6 Å². The van der Waals surface area contributed by atoms with Crippen LogP contribution < -0.4 is 10.6 Å². The molecule has 1 aliphatic rings. The predicted octanol–water partition coefficient (Wildman–Crippen LogP) is 3.72. The van der Waals surface area contributed by atoms with Crippen molar-refractivity contribution in [3.05, 3.63) is 0 Å². The Morgan fingerprint density at radius 1 is 1.00 bits per heavy atom. The smallest absolute Gasteiger partial charge is 0.191 e. The normalized spacial score (nSPS) is 16.3. The van der Waals surface area contributed by atoms with Gasteiger partial charge in [0.25, 0.3) is 0 Å². The Morgan fingerprint density at radius 3 is 2.42 bits per heavy atom. The van der Waals surface area contributed by atoms with Crippen molar-refractivity contribution in [3.63, 3.8) is 0 Å². The molecule has 6 heteroatoms. The molecule has 0 aliphatic heterocycles. The highest BCUT2D eigenvalue weighted by Crippen LogP contribution is 2.19. The van der Waals surface area contributed by atoms with E-state index in [0.29, 0.717) is 6.10 Å². The van der Waals surface area contributed by atoms with Gasteiger partial charge in [0.15, 0.2) is 5.96 Å². The number of guanidine groups is 1. The lowest BCUT2D eigenvalue weighted by atomic mass is 10.1. The summed E-state index contributed by atoms with van der Waals surface area (Å²) in [5.41, 5.74) is 0. The average molecular weight is 455 g/mol. The van der Waals surface area contributed by atoms with Gasteiger partial charge in [0.1, 0.15) is 0 Å². The second-order valence-corrected chi connectivity index (χ2v) is 6.23. The van der Waals surface area contributed by atoms with Crippen molar-refractivity contribution in [2.75, 3.05) is 40.0 Å². The number of methoxy groups -OCH3 is 1. The maximum atomic E-state index is 6.00. The molecule has 1 saturated carbocycles. The number of aliphatic imine (C=N–C) groups is 1. The van der Waals surface area contributed by atoms with Gasteiger partial charge >= 0.3 is 0 Å². The summed E-state index contributed by atoms with van der Waals surface area (Å²) < 4.78 is 11.1. The Labute approximate surface area is 165 Å². The lowest BCUT2D eigenvalue weighted by molar-refractivity contribution is 0.0468.